The maximum Gasteiger partial charge on any atom is 0.259 e. The average molecular weight is 453 g/mol. The number of benzene rings is 1. The summed E-state index contributed by atoms with van der Waals surface area (Å²) in [5, 5.41) is 5.12. The van der Waals surface area contributed by atoms with Gasteiger partial charge >= 0.3 is 0 Å². The molecular weight excluding hydrogens is 428 g/mol. The summed E-state index contributed by atoms with van der Waals surface area (Å²) in [5.41, 5.74) is 1.80. The van der Waals surface area contributed by atoms with Crippen LogP contribution in [0.25, 0.3) is 0 Å². The number of hydrogen-bond acceptors (Lipinski definition) is 8. The van der Waals surface area contributed by atoms with Crippen LogP contribution in [-0.2, 0) is 19.5 Å². The van der Waals surface area contributed by atoms with Gasteiger partial charge in [0, 0.05) is 37.2 Å². The van der Waals surface area contributed by atoms with Gasteiger partial charge in [-0.25, -0.2) is 13.4 Å². The van der Waals surface area contributed by atoms with Gasteiger partial charge in [0.1, 0.15) is 0 Å². The third-order valence-corrected chi connectivity index (χ3v) is 7.78. The quantitative estimate of drug-likeness (QED) is 0.735. The van der Waals surface area contributed by atoms with E-state index in [1.165, 1.54) is 21.7 Å². The van der Waals surface area contributed by atoms with Gasteiger partial charge in [-0.1, -0.05) is 0 Å². The molecule has 2 aliphatic heterocycles. The first-order chi connectivity index (χ1) is 14.4. The van der Waals surface area contributed by atoms with E-state index in [1.807, 2.05) is 17.2 Å². The number of amides is 1. The van der Waals surface area contributed by atoms with Crippen molar-refractivity contribution in [2.45, 2.75) is 11.8 Å². The highest BCUT2D eigenvalue weighted by Gasteiger charge is 2.29. The molecule has 1 aromatic heterocycles. The molecule has 0 saturated carbocycles. The largest absolute Gasteiger partial charge is 0.379 e. The number of aryl methyl sites for hydroxylation is 1. The molecule has 0 unspecified atom stereocenters. The second kappa shape index (κ2) is 8.98. The fourth-order valence-electron chi connectivity index (χ4n) is 3.45. The Morgan fingerprint density at radius 2 is 1.77 bits per heavy atom. The van der Waals surface area contributed by atoms with Crippen molar-refractivity contribution >= 4 is 38.1 Å². The molecule has 1 amide bonds. The van der Waals surface area contributed by atoms with Crippen LogP contribution in [0.1, 0.15) is 16.1 Å². The molecular formula is C19H24N4O5S2. The minimum Gasteiger partial charge on any atom is -0.379 e. The molecule has 162 valence electrons. The lowest BCUT2D eigenvalue weighted by Crippen LogP contribution is -2.41. The molecule has 2 aromatic rings. The molecule has 0 bridgehead atoms. The Hall–Kier alpha value is -2.05. The van der Waals surface area contributed by atoms with Crippen LogP contribution in [0.3, 0.4) is 0 Å². The third-order valence-electron chi connectivity index (χ3n) is 5.01. The van der Waals surface area contributed by atoms with Crippen LogP contribution in [-0.4, -0.2) is 76.2 Å². The number of carbonyl (C=O) groups excluding carboxylic acids is 1. The Bertz CT molecular complexity index is 1010. The first kappa shape index (κ1) is 21.2. The normalized spacial score (nSPS) is 18.4. The van der Waals surface area contributed by atoms with Gasteiger partial charge in [0.25, 0.3) is 5.91 Å². The van der Waals surface area contributed by atoms with Gasteiger partial charge in [0.15, 0.2) is 5.13 Å². The molecule has 1 aromatic carbocycles. The SMILES string of the molecule is Cc1csc(NC(=O)c2cc(S(=O)(=O)N3CCOCC3)ccc2N2CCOCC2)n1. The molecule has 0 spiro atoms. The number of sulfonamides is 1. The first-order valence-corrected chi connectivity index (χ1v) is 12.1. The van der Waals surface area contributed by atoms with Crippen LogP contribution < -0.4 is 10.2 Å². The van der Waals surface area contributed by atoms with Crippen molar-refractivity contribution in [3.63, 3.8) is 0 Å². The number of hydrogen-bond donors (Lipinski definition) is 1. The molecule has 2 saturated heterocycles. The summed E-state index contributed by atoms with van der Waals surface area (Å²) in [5.74, 6) is -0.384. The van der Waals surface area contributed by atoms with E-state index in [4.69, 9.17) is 9.47 Å². The molecule has 11 heteroatoms. The number of ether oxygens (including phenoxy) is 2. The van der Waals surface area contributed by atoms with E-state index in [-0.39, 0.29) is 10.8 Å². The van der Waals surface area contributed by atoms with Crippen LogP contribution in [0, 0.1) is 6.92 Å². The van der Waals surface area contributed by atoms with E-state index >= 15 is 0 Å². The van der Waals surface area contributed by atoms with Crippen LogP contribution >= 0.6 is 11.3 Å². The number of aromatic nitrogens is 1. The fourth-order valence-corrected chi connectivity index (χ4v) is 5.57. The maximum atomic E-state index is 13.1. The zero-order valence-corrected chi connectivity index (χ0v) is 18.3. The Balaban J connectivity index is 1.69. The van der Waals surface area contributed by atoms with Crippen molar-refractivity contribution in [3.05, 3.63) is 34.8 Å². The molecule has 9 nitrogen and oxygen atoms in total. The lowest BCUT2D eigenvalue weighted by molar-refractivity contribution is 0.0730. The number of anilines is 2. The minimum atomic E-state index is -3.72. The Labute approximate surface area is 179 Å². The molecule has 0 aliphatic carbocycles. The molecule has 2 aliphatic rings. The van der Waals surface area contributed by atoms with Gasteiger partial charge in [-0.05, 0) is 25.1 Å². The summed E-state index contributed by atoms with van der Waals surface area (Å²) >= 11 is 1.33. The van der Waals surface area contributed by atoms with Gasteiger partial charge in [0.2, 0.25) is 10.0 Å². The minimum absolute atomic E-state index is 0.0990. The summed E-state index contributed by atoms with van der Waals surface area (Å²) < 4.78 is 38.3. The van der Waals surface area contributed by atoms with E-state index in [0.29, 0.717) is 69.0 Å². The van der Waals surface area contributed by atoms with Gasteiger partial charge in [-0.2, -0.15) is 4.31 Å². The second-order valence-electron chi connectivity index (χ2n) is 7.04. The lowest BCUT2D eigenvalue weighted by atomic mass is 10.1. The maximum absolute atomic E-state index is 13.1. The third kappa shape index (κ3) is 4.49. The van der Waals surface area contributed by atoms with Gasteiger partial charge in [-0.15, -0.1) is 11.3 Å². The Morgan fingerprint density at radius 3 is 2.40 bits per heavy atom. The summed E-state index contributed by atoms with van der Waals surface area (Å²) in [7, 11) is -3.72. The fraction of sp³-hybridized carbons (Fsp3) is 0.474. The summed E-state index contributed by atoms with van der Waals surface area (Å²) in [6.07, 6.45) is 0. The van der Waals surface area contributed by atoms with Crippen LogP contribution in [0.2, 0.25) is 0 Å². The molecule has 4 rings (SSSR count). The van der Waals surface area contributed by atoms with Crippen LogP contribution in [0.5, 0.6) is 0 Å². The Morgan fingerprint density at radius 1 is 1.10 bits per heavy atom. The summed E-state index contributed by atoms with van der Waals surface area (Å²) in [6.45, 7) is 5.55. The number of morpholine rings is 2. The molecule has 0 atom stereocenters. The van der Waals surface area contributed by atoms with E-state index in [1.54, 1.807) is 12.1 Å². The number of nitrogens with one attached hydrogen (secondary N) is 1. The van der Waals surface area contributed by atoms with E-state index in [2.05, 4.69) is 10.3 Å². The van der Waals surface area contributed by atoms with Crippen molar-refractivity contribution in [3.8, 4) is 0 Å². The zero-order valence-electron chi connectivity index (χ0n) is 16.7. The number of thiazole rings is 1. The van der Waals surface area contributed by atoms with Gasteiger partial charge < -0.3 is 14.4 Å². The number of nitrogens with zero attached hydrogens (tertiary/aromatic N) is 3. The predicted molar refractivity (Wildman–Crippen MR) is 114 cm³/mol. The van der Waals surface area contributed by atoms with Crippen molar-refractivity contribution in [1.82, 2.24) is 9.29 Å². The van der Waals surface area contributed by atoms with Gasteiger partial charge in [0.05, 0.1) is 42.6 Å². The second-order valence-corrected chi connectivity index (χ2v) is 9.84. The van der Waals surface area contributed by atoms with E-state index in [0.717, 1.165) is 5.69 Å². The number of carbonyl (C=O) groups is 1. The van der Waals surface area contributed by atoms with Crippen LogP contribution in [0.15, 0.2) is 28.5 Å². The topological polar surface area (TPSA) is 101 Å². The lowest BCUT2D eigenvalue weighted by Gasteiger charge is -2.31. The van der Waals surface area contributed by atoms with E-state index < -0.39 is 10.0 Å². The highest BCUT2D eigenvalue weighted by molar-refractivity contribution is 7.89. The monoisotopic (exact) mass is 452 g/mol. The standard InChI is InChI=1S/C19H24N4O5S2/c1-14-13-29-19(20-14)21-18(24)16-12-15(30(25,26)23-6-10-28-11-7-23)2-3-17(16)22-4-8-27-9-5-22/h2-3,12-13H,4-11H2,1H3,(H,20,21,24). The van der Waals surface area contributed by atoms with Crippen molar-refractivity contribution in [2.24, 2.45) is 0 Å². The van der Waals surface area contributed by atoms with Crippen molar-refractivity contribution < 1.29 is 22.7 Å². The number of rotatable bonds is 5. The highest BCUT2D eigenvalue weighted by atomic mass is 32.2. The van der Waals surface area contributed by atoms with Crippen molar-refractivity contribution in [2.75, 3.05) is 62.8 Å². The summed E-state index contributed by atoms with van der Waals surface area (Å²) in [4.78, 5) is 19.5. The van der Waals surface area contributed by atoms with Crippen LogP contribution in [0.4, 0.5) is 10.8 Å². The van der Waals surface area contributed by atoms with E-state index in [9.17, 15) is 13.2 Å². The average Bonchev–Trinajstić information content (AvgIpc) is 3.19. The smallest absolute Gasteiger partial charge is 0.259 e. The Kier molecular flexibility index (Phi) is 6.34. The van der Waals surface area contributed by atoms with Gasteiger partial charge in [-0.3, -0.25) is 10.1 Å². The highest BCUT2D eigenvalue weighted by Crippen LogP contribution is 2.28. The zero-order chi connectivity index (χ0) is 21.1. The molecule has 1 N–H and O–H groups in total. The molecule has 2 fully saturated rings. The first-order valence-electron chi connectivity index (χ1n) is 9.73. The predicted octanol–water partition coefficient (Wildman–Crippen LogP) is 1.56. The molecule has 30 heavy (non-hydrogen) atoms. The summed E-state index contributed by atoms with van der Waals surface area (Å²) in [6, 6.07) is 4.74. The molecule has 0 radical (unpaired) electrons. The molecule has 3 heterocycles. The van der Waals surface area contributed by atoms with Crippen molar-refractivity contribution in [1.29, 1.82) is 0 Å².